The van der Waals surface area contributed by atoms with Crippen LogP contribution in [0.1, 0.15) is 36.2 Å². The summed E-state index contributed by atoms with van der Waals surface area (Å²) >= 11 is 0. The molecule has 0 fully saturated rings. The molecule has 0 aromatic heterocycles. The third-order valence-corrected chi connectivity index (χ3v) is 5.07. The molecule has 0 aliphatic carbocycles. The number of carbonyl (C=O) groups excluding carboxylic acids is 2. The van der Waals surface area contributed by atoms with Gasteiger partial charge in [-0.15, -0.1) is 0 Å². The number of nitrogens with zero attached hydrogens (tertiary/aromatic N) is 2. The number of hydrogen-bond acceptors (Lipinski definition) is 9. The highest BCUT2D eigenvalue weighted by Crippen LogP contribution is 2.28. The second-order valence-corrected chi connectivity index (χ2v) is 7.92. The minimum atomic E-state index is -0.905. The van der Waals surface area contributed by atoms with Crippen LogP contribution in [0.4, 0.5) is 5.69 Å². The fourth-order valence-corrected chi connectivity index (χ4v) is 3.08. The molecule has 0 bridgehead atoms. The van der Waals surface area contributed by atoms with Gasteiger partial charge < -0.3 is 18.9 Å². The number of benzene rings is 3. The van der Waals surface area contributed by atoms with Gasteiger partial charge in [0.1, 0.15) is 11.5 Å². The lowest BCUT2D eigenvalue weighted by Crippen LogP contribution is -2.33. The van der Waals surface area contributed by atoms with Gasteiger partial charge >= 0.3 is 5.97 Å². The lowest BCUT2D eigenvalue weighted by atomic mass is 10.2. The van der Waals surface area contributed by atoms with Crippen molar-refractivity contribution in [1.29, 1.82) is 0 Å². The van der Waals surface area contributed by atoms with E-state index >= 15 is 0 Å². The Bertz CT molecular complexity index is 1290. The van der Waals surface area contributed by atoms with Crippen LogP contribution in [0.5, 0.6) is 23.0 Å². The number of hydrazone groups is 1. The topological polar surface area (TPSA) is 139 Å². The maximum atomic E-state index is 12.5. The zero-order chi connectivity index (χ0) is 27.5. The smallest absolute Gasteiger partial charge is 0.343 e. The maximum absolute atomic E-state index is 12.5. The SMILES string of the molecule is CCCOc1ccc(C(=O)Oc2ccc(C=NNC(=O)C(C)Oc3ccc([N+](=O)[O-])cc3)cc2OC)cc1. The highest BCUT2D eigenvalue weighted by Gasteiger charge is 2.16. The van der Waals surface area contributed by atoms with Crippen LogP contribution in [0.25, 0.3) is 0 Å². The van der Waals surface area contributed by atoms with Crippen molar-refractivity contribution < 1.29 is 33.5 Å². The number of nitrogens with one attached hydrogen (secondary N) is 1. The lowest BCUT2D eigenvalue weighted by Gasteiger charge is -2.12. The average molecular weight is 522 g/mol. The van der Waals surface area contributed by atoms with E-state index in [1.54, 1.807) is 42.5 Å². The Balaban J connectivity index is 1.56. The Hall–Kier alpha value is -4.93. The predicted octanol–water partition coefficient (Wildman–Crippen LogP) is 4.53. The van der Waals surface area contributed by atoms with Gasteiger partial charge in [0, 0.05) is 12.1 Å². The molecule has 0 saturated heterocycles. The van der Waals surface area contributed by atoms with Crippen molar-refractivity contribution in [2.75, 3.05) is 13.7 Å². The van der Waals surface area contributed by atoms with E-state index in [-0.39, 0.29) is 11.4 Å². The summed E-state index contributed by atoms with van der Waals surface area (Å²) < 4.78 is 21.8. The third kappa shape index (κ3) is 7.79. The number of amides is 1. The molecule has 0 heterocycles. The second kappa shape index (κ2) is 13.4. The molecule has 3 rings (SSSR count). The molecule has 11 nitrogen and oxygen atoms in total. The van der Waals surface area contributed by atoms with Crippen LogP contribution in [0.15, 0.2) is 71.8 Å². The lowest BCUT2D eigenvalue weighted by molar-refractivity contribution is -0.384. The molecular weight excluding hydrogens is 494 g/mol. The van der Waals surface area contributed by atoms with Crippen molar-refractivity contribution >= 4 is 23.8 Å². The molecule has 1 atom stereocenters. The van der Waals surface area contributed by atoms with Crippen molar-refractivity contribution in [1.82, 2.24) is 5.43 Å². The Morgan fingerprint density at radius 1 is 1.03 bits per heavy atom. The molecule has 3 aromatic carbocycles. The van der Waals surface area contributed by atoms with Crippen molar-refractivity contribution in [3.05, 3.63) is 88.0 Å². The molecule has 0 aliphatic heterocycles. The quantitative estimate of drug-likeness (QED) is 0.121. The zero-order valence-corrected chi connectivity index (χ0v) is 21.1. The van der Waals surface area contributed by atoms with E-state index in [1.165, 1.54) is 44.5 Å². The highest BCUT2D eigenvalue weighted by atomic mass is 16.6. The van der Waals surface area contributed by atoms with E-state index in [0.29, 0.717) is 35.0 Å². The molecule has 1 N–H and O–H groups in total. The average Bonchev–Trinajstić information content (AvgIpc) is 2.93. The number of nitro groups is 1. The molecule has 1 amide bonds. The summed E-state index contributed by atoms with van der Waals surface area (Å²) in [4.78, 5) is 35.0. The van der Waals surface area contributed by atoms with E-state index in [2.05, 4.69) is 10.5 Å². The van der Waals surface area contributed by atoms with Gasteiger partial charge in [-0.05, 0) is 73.5 Å². The molecule has 38 heavy (non-hydrogen) atoms. The Morgan fingerprint density at radius 3 is 2.34 bits per heavy atom. The normalized spacial score (nSPS) is 11.4. The van der Waals surface area contributed by atoms with Gasteiger partial charge in [0.2, 0.25) is 0 Å². The van der Waals surface area contributed by atoms with Crippen LogP contribution in [0, 0.1) is 10.1 Å². The first kappa shape index (κ1) is 27.7. The van der Waals surface area contributed by atoms with E-state index in [4.69, 9.17) is 18.9 Å². The van der Waals surface area contributed by atoms with Crippen LogP contribution in [0.3, 0.4) is 0 Å². The van der Waals surface area contributed by atoms with Gasteiger partial charge in [-0.25, -0.2) is 10.2 Å². The minimum Gasteiger partial charge on any atom is -0.494 e. The molecule has 0 spiro atoms. The number of carbonyl (C=O) groups is 2. The zero-order valence-electron chi connectivity index (χ0n) is 21.1. The number of ether oxygens (including phenoxy) is 4. The first-order chi connectivity index (χ1) is 18.3. The van der Waals surface area contributed by atoms with E-state index < -0.39 is 22.9 Å². The van der Waals surface area contributed by atoms with Crippen LogP contribution >= 0.6 is 0 Å². The summed E-state index contributed by atoms with van der Waals surface area (Å²) in [6, 6.07) is 16.8. The first-order valence-corrected chi connectivity index (χ1v) is 11.7. The second-order valence-electron chi connectivity index (χ2n) is 7.92. The standard InChI is InChI=1S/C27H27N3O8/c1-4-15-36-22-10-6-20(7-11-22)27(32)38-24-14-5-19(16-25(24)35-3)17-28-29-26(31)18(2)37-23-12-8-21(9-13-23)30(33)34/h5-14,16-18H,4,15H2,1-3H3,(H,29,31). The van der Waals surface area contributed by atoms with Gasteiger partial charge in [-0.3, -0.25) is 14.9 Å². The van der Waals surface area contributed by atoms with Gasteiger partial charge in [0.15, 0.2) is 17.6 Å². The number of non-ortho nitro benzene ring substituents is 1. The minimum absolute atomic E-state index is 0.0816. The highest BCUT2D eigenvalue weighted by molar-refractivity contribution is 5.92. The fraction of sp³-hybridized carbons (Fsp3) is 0.222. The van der Waals surface area contributed by atoms with Crippen LogP contribution < -0.4 is 24.4 Å². The van der Waals surface area contributed by atoms with Crippen LogP contribution in [0.2, 0.25) is 0 Å². The van der Waals surface area contributed by atoms with Crippen molar-refractivity contribution in [3.8, 4) is 23.0 Å². The number of esters is 1. The Morgan fingerprint density at radius 2 is 1.71 bits per heavy atom. The molecular formula is C27H27N3O8. The van der Waals surface area contributed by atoms with Gasteiger partial charge in [0.25, 0.3) is 11.6 Å². The number of nitro benzene ring substituents is 1. The summed E-state index contributed by atoms with van der Waals surface area (Å²) in [6.45, 7) is 4.12. The maximum Gasteiger partial charge on any atom is 0.343 e. The van der Waals surface area contributed by atoms with E-state index in [1.807, 2.05) is 6.92 Å². The Kier molecular flexibility index (Phi) is 9.75. The Labute approximate surface area is 219 Å². The van der Waals surface area contributed by atoms with Gasteiger partial charge in [-0.1, -0.05) is 6.92 Å². The van der Waals surface area contributed by atoms with E-state index in [0.717, 1.165) is 6.42 Å². The van der Waals surface area contributed by atoms with Crippen molar-refractivity contribution in [2.24, 2.45) is 5.10 Å². The largest absolute Gasteiger partial charge is 0.494 e. The predicted molar refractivity (Wildman–Crippen MR) is 139 cm³/mol. The van der Waals surface area contributed by atoms with Crippen molar-refractivity contribution in [3.63, 3.8) is 0 Å². The first-order valence-electron chi connectivity index (χ1n) is 11.7. The van der Waals surface area contributed by atoms with Gasteiger partial charge in [-0.2, -0.15) is 5.10 Å². The van der Waals surface area contributed by atoms with Gasteiger partial charge in [0.05, 0.1) is 30.4 Å². The summed E-state index contributed by atoms with van der Waals surface area (Å²) in [5.74, 6) is 0.410. The summed E-state index contributed by atoms with van der Waals surface area (Å²) in [6.07, 6.45) is 1.37. The number of rotatable bonds is 12. The molecule has 0 aliphatic rings. The van der Waals surface area contributed by atoms with E-state index in [9.17, 15) is 19.7 Å². The van der Waals surface area contributed by atoms with Crippen LogP contribution in [-0.4, -0.2) is 42.8 Å². The molecule has 3 aromatic rings. The molecule has 1 unspecified atom stereocenters. The molecule has 11 heteroatoms. The molecule has 0 saturated carbocycles. The monoisotopic (exact) mass is 521 g/mol. The summed E-state index contributed by atoms with van der Waals surface area (Å²) in [5.41, 5.74) is 3.21. The van der Waals surface area contributed by atoms with Crippen molar-refractivity contribution in [2.45, 2.75) is 26.4 Å². The number of methoxy groups -OCH3 is 1. The van der Waals surface area contributed by atoms with Crippen LogP contribution in [-0.2, 0) is 4.79 Å². The summed E-state index contributed by atoms with van der Waals surface area (Å²) in [7, 11) is 1.44. The summed E-state index contributed by atoms with van der Waals surface area (Å²) in [5, 5.41) is 14.6. The molecule has 198 valence electrons. The third-order valence-electron chi connectivity index (χ3n) is 5.07. The number of hydrogen-bond donors (Lipinski definition) is 1. The molecule has 0 radical (unpaired) electrons. The fourth-order valence-electron chi connectivity index (χ4n) is 3.08.